The minimum Gasteiger partial charge on any atom is -0.396 e. The Balaban J connectivity index is 2.47. The minimum absolute atomic E-state index is 0.0369. The fourth-order valence-electron chi connectivity index (χ4n) is 1.64. The van der Waals surface area contributed by atoms with E-state index in [2.05, 4.69) is 15.9 Å². The molecule has 92 valence electrons. The number of aryl methyl sites for hydroxylation is 1. The summed E-state index contributed by atoms with van der Waals surface area (Å²) in [4.78, 5) is 12.2. The molecule has 2 rings (SSSR count). The van der Waals surface area contributed by atoms with Crippen LogP contribution >= 0.6 is 15.9 Å². The van der Waals surface area contributed by atoms with E-state index >= 15 is 0 Å². The van der Waals surface area contributed by atoms with Gasteiger partial charge >= 0.3 is 0 Å². The highest BCUT2D eigenvalue weighted by atomic mass is 79.9. The van der Waals surface area contributed by atoms with Gasteiger partial charge in [-0.15, -0.1) is 0 Å². The standard InChI is InChI=1S/C14H11BrFNO/c1-8-2-4-11(15)10(6-8)14(18)9-3-5-13(17)12(16)7-9/h2-7H,17H2,1H3. The molecule has 0 bridgehead atoms. The van der Waals surface area contributed by atoms with Gasteiger partial charge in [0.25, 0.3) is 0 Å². The van der Waals surface area contributed by atoms with E-state index in [4.69, 9.17) is 5.73 Å². The zero-order chi connectivity index (χ0) is 13.3. The second-order valence-corrected chi connectivity index (χ2v) is 4.90. The van der Waals surface area contributed by atoms with E-state index in [1.807, 2.05) is 13.0 Å². The van der Waals surface area contributed by atoms with Gasteiger partial charge in [0, 0.05) is 15.6 Å². The molecule has 2 N–H and O–H groups in total. The molecule has 0 aromatic heterocycles. The molecule has 0 saturated carbocycles. The van der Waals surface area contributed by atoms with Gasteiger partial charge in [-0.25, -0.2) is 4.39 Å². The smallest absolute Gasteiger partial charge is 0.194 e. The van der Waals surface area contributed by atoms with Gasteiger partial charge in [0.05, 0.1) is 5.69 Å². The van der Waals surface area contributed by atoms with Crippen molar-refractivity contribution in [2.24, 2.45) is 0 Å². The molecule has 0 aliphatic carbocycles. The Bertz CT molecular complexity index is 625. The molecule has 0 spiro atoms. The number of hydrogen-bond acceptors (Lipinski definition) is 2. The number of benzene rings is 2. The van der Waals surface area contributed by atoms with Crippen molar-refractivity contribution in [3.63, 3.8) is 0 Å². The molecular weight excluding hydrogens is 297 g/mol. The first-order valence-electron chi connectivity index (χ1n) is 5.35. The van der Waals surface area contributed by atoms with Crippen LogP contribution in [0.2, 0.25) is 0 Å². The largest absolute Gasteiger partial charge is 0.396 e. The Hall–Kier alpha value is -1.68. The number of ketones is 1. The summed E-state index contributed by atoms with van der Waals surface area (Å²) < 4.78 is 14.0. The molecule has 4 heteroatoms. The summed E-state index contributed by atoms with van der Waals surface area (Å²) in [7, 11) is 0. The average molecular weight is 308 g/mol. The quantitative estimate of drug-likeness (QED) is 0.679. The topological polar surface area (TPSA) is 43.1 Å². The van der Waals surface area contributed by atoms with Crippen molar-refractivity contribution in [3.8, 4) is 0 Å². The minimum atomic E-state index is -0.579. The number of rotatable bonds is 2. The normalized spacial score (nSPS) is 10.4. The average Bonchev–Trinajstić information content (AvgIpc) is 2.35. The monoisotopic (exact) mass is 307 g/mol. The van der Waals surface area contributed by atoms with Gasteiger partial charge < -0.3 is 5.73 Å². The molecule has 2 nitrogen and oxygen atoms in total. The molecule has 0 saturated heterocycles. The van der Waals surface area contributed by atoms with Gasteiger partial charge in [0.15, 0.2) is 5.78 Å². The summed E-state index contributed by atoms with van der Waals surface area (Å²) in [6.45, 7) is 1.90. The van der Waals surface area contributed by atoms with Crippen LogP contribution in [0.1, 0.15) is 21.5 Å². The highest BCUT2D eigenvalue weighted by Gasteiger charge is 2.14. The third-order valence-electron chi connectivity index (χ3n) is 2.63. The molecule has 0 heterocycles. The van der Waals surface area contributed by atoms with E-state index in [1.165, 1.54) is 12.1 Å². The summed E-state index contributed by atoms with van der Waals surface area (Å²) in [5.41, 5.74) is 7.19. The summed E-state index contributed by atoms with van der Waals surface area (Å²) in [5, 5.41) is 0. The van der Waals surface area contributed by atoms with Gasteiger partial charge in [-0.05, 0) is 37.3 Å². The van der Waals surface area contributed by atoms with Gasteiger partial charge in [0.1, 0.15) is 5.82 Å². The molecular formula is C14H11BrFNO. The van der Waals surface area contributed by atoms with Gasteiger partial charge in [-0.3, -0.25) is 4.79 Å². The zero-order valence-corrected chi connectivity index (χ0v) is 11.3. The third-order valence-corrected chi connectivity index (χ3v) is 3.32. The number of halogens is 2. The molecule has 0 aliphatic rings. The Morgan fingerprint density at radius 1 is 1.22 bits per heavy atom. The predicted molar refractivity (Wildman–Crippen MR) is 73.1 cm³/mol. The highest BCUT2D eigenvalue weighted by Crippen LogP contribution is 2.22. The molecule has 0 atom stereocenters. The summed E-state index contributed by atoms with van der Waals surface area (Å²) in [6, 6.07) is 9.54. The lowest BCUT2D eigenvalue weighted by atomic mass is 10.0. The molecule has 0 fully saturated rings. The first kappa shape index (κ1) is 12.8. The lowest BCUT2D eigenvalue weighted by Gasteiger charge is -2.06. The number of anilines is 1. The number of hydrogen-bond donors (Lipinski definition) is 1. The molecule has 0 unspecified atom stereocenters. The number of carbonyl (C=O) groups is 1. The Morgan fingerprint density at radius 3 is 2.61 bits per heavy atom. The van der Waals surface area contributed by atoms with E-state index < -0.39 is 5.82 Å². The molecule has 18 heavy (non-hydrogen) atoms. The molecule has 2 aromatic rings. The van der Waals surface area contributed by atoms with Crippen molar-refractivity contribution in [2.75, 3.05) is 5.73 Å². The molecule has 2 aromatic carbocycles. The van der Waals surface area contributed by atoms with Crippen LogP contribution in [0.4, 0.5) is 10.1 Å². The van der Waals surface area contributed by atoms with Crippen LogP contribution in [0.5, 0.6) is 0 Å². The lowest BCUT2D eigenvalue weighted by molar-refractivity contribution is 0.103. The summed E-state index contributed by atoms with van der Waals surface area (Å²) in [5.74, 6) is -0.811. The molecule has 0 radical (unpaired) electrons. The van der Waals surface area contributed by atoms with E-state index in [-0.39, 0.29) is 17.0 Å². The predicted octanol–water partition coefficient (Wildman–Crippen LogP) is 3.71. The van der Waals surface area contributed by atoms with Crippen LogP contribution in [0, 0.1) is 12.7 Å². The van der Waals surface area contributed by atoms with Crippen molar-refractivity contribution >= 4 is 27.4 Å². The maximum atomic E-state index is 13.3. The van der Waals surface area contributed by atoms with Crippen molar-refractivity contribution in [2.45, 2.75) is 6.92 Å². The van der Waals surface area contributed by atoms with Crippen LogP contribution in [0.15, 0.2) is 40.9 Å². The number of nitrogens with two attached hydrogens (primary N) is 1. The highest BCUT2D eigenvalue weighted by molar-refractivity contribution is 9.10. The number of nitrogen functional groups attached to an aromatic ring is 1. The van der Waals surface area contributed by atoms with E-state index in [0.29, 0.717) is 10.0 Å². The van der Waals surface area contributed by atoms with E-state index in [0.717, 1.165) is 11.6 Å². The zero-order valence-electron chi connectivity index (χ0n) is 9.71. The maximum Gasteiger partial charge on any atom is 0.194 e. The van der Waals surface area contributed by atoms with Crippen LogP contribution in [0.25, 0.3) is 0 Å². The Morgan fingerprint density at radius 2 is 1.94 bits per heavy atom. The van der Waals surface area contributed by atoms with E-state index in [9.17, 15) is 9.18 Å². The Labute approximate surface area is 113 Å². The van der Waals surface area contributed by atoms with E-state index in [1.54, 1.807) is 12.1 Å². The van der Waals surface area contributed by atoms with Crippen molar-refractivity contribution in [1.29, 1.82) is 0 Å². The maximum absolute atomic E-state index is 13.3. The lowest BCUT2D eigenvalue weighted by Crippen LogP contribution is -2.04. The SMILES string of the molecule is Cc1ccc(Br)c(C(=O)c2ccc(N)c(F)c2)c1. The number of carbonyl (C=O) groups excluding carboxylic acids is 1. The van der Waals surface area contributed by atoms with Crippen molar-refractivity contribution in [3.05, 3.63) is 63.4 Å². The fraction of sp³-hybridized carbons (Fsp3) is 0.0714. The molecule has 0 aliphatic heterocycles. The molecule has 0 amide bonds. The van der Waals surface area contributed by atoms with Gasteiger partial charge in [-0.2, -0.15) is 0 Å². The first-order valence-corrected chi connectivity index (χ1v) is 6.14. The fourth-order valence-corrected chi connectivity index (χ4v) is 2.06. The second-order valence-electron chi connectivity index (χ2n) is 4.05. The third kappa shape index (κ3) is 2.43. The van der Waals surface area contributed by atoms with Crippen molar-refractivity contribution in [1.82, 2.24) is 0 Å². The first-order chi connectivity index (χ1) is 8.49. The van der Waals surface area contributed by atoms with Gasteiger partial charge in [-0.1, -0.05) is 27.6 Å². The summed E-state index contributed by atoms with van der Waals surface area (Å²) >= 11 is 3.32. The van der Waals surface area contributed by atoms with Crippen LogP contribution < -0.4 is 5.73 Å². The van der Waals surface area contributed by atoms with Crippen LogP contribution in [-0.4, -0.2) is 5.78 Å². The van der Waals surface area contributed by atoms with Gasteiger partial charge in [0.2, 0.25) is 0 Å². The Kier molecular flexibility index (Phi) is 3.48. The summed E-state index contributed by atoms with van der Waals surface area (Å²) in [6.07, 6.45) is 0. The van der Waals surface area contributed by atoms with Crippen LogP contribution in [-0.2, 0) is 0 Å². The van der Waals surface area contributed by atoms with Crippen molar-refractivity contribution < 1.29 is 9.18 Å². The second kappa shape index (κ2) is 4.90. The van der Waals surface area contributed by atoms with Crippen LogP contribution in [0.3, 0.4) is 0 Å².